The molecule has 0 fully saturated rings. The minimum absolute atomic E-state index is 0.0539. The van der Waals surface area contributed by atoms with E-state index in [0.29, 0.717) is 18.9 Å². The van der Waals surface area contributed by atoms with Gasteiger partial charge in [0, 0.05) is 44.3 Å². The molecule has 0 atom stereocenters. The number of nitrogens with zero attached hydrogens (tertiary/aromatic N) is 4. The topological polar surface area (TPSA) is 83.3 Å². The molecule has 0 saturated carbocycles. The van der Waals surface area contributed by atoms with Crippen molar-refractivity contribution >= 4 is 11.8 Å². The van der Waals surface area contributed by atoms with Gasteiger partial charge in [0.05, 0.1) is 6.61 Å². The molecule has 118 valence electrons. The van der Waals surface area contributed by atoms with E-state index in [4.69, 9.17) is 5.11 Å². The molecule has 22 heavy (non-hydrogen) atoms. The van der Waals surface area contributed by atoms with E-state index >= 15 is 0 Å². The number of urea groups is 1. The van der Waals surface area contributed by atoms with Gasteiger partial charge in [-0.05, 0) is 31.0 Å². The van der Waals surface area contributed by atoms with Gasteiger partial charge in [-0.2, -0.15) is 5.10 Å². The molecule has 0 aliphatic heterocycles. The van der Waals surface area contributed by atoms with Gasteiger partial charge in [-0.15, -0.1) is 0 Å². The molecule has 0 saturated heterocycles. The second-order valence-electron chi connectivity index (χ2n) is 4.80. The van der Waals surface area contributed by atoms with Crippen LogP contribution in [0.5, 0.6) is 0 Å². The molecule has 0 aromatic carbocycles. The Bertz CT molecular complexity index is 585. The number of aliphatic hydroxyl groups is 1. The summed E-state index contributed by atoms with van der Waals surface area (Å²) in [5.74, 6) is 0.510. The Hall–Kier alpha value is -2.41. The number of rotatable bonds is 7. The van der Waals surface area contributed by atoms with Crippen molar-refractivity contribution in [2.45, 2.75) is 19.9 Å². The van der Waals surface area contributed by atoms with Crippen LogP contribution in [0.25, 0.3) is 0 Å². The van der Waals surface area contributed by atoms with Crippen molar-refractivity contribution in [3.8, 4) is 0 Å². The monoisotopic (exact) mass is 303 g/mol. The van der Waals surface area contributed by atoms with E-state index in [1.54, 1.807) is 23.1 Å². The van der Waals surface area contributed by atoms with Crippen LogP contribution in [0.4, 0.5) is 10.6 Å². The minimum Gasteiger partial charge on any atom is -0.395 e. The van der Waals surface area contributed by atoms with E-state index in [1.807, 2.05) is 25.3 Å². The third-order valence-electron chi connectivity index (χ3n) is 3.29. The summed E-state index contributed by atoms with van der Waals surface area (Å²) in [4.78, 5) is 17.5. The van der Waals surface area contributed by atoms with Crippen LogP contribution >= 0.6 is 0 Å². The summed E-state index contributed by atoms with van der Waals surface area (Å²) < 4.78 is 1.79. The number of carbonyl (C=O) groups excluding carboxylic acids is 1. The molecule has 0 radical (unpaired) electrons. The number of anilines is 1. The van der Waals surface area contributed by atoms with Crippen LogP contribution in [0.15, 0.2) is 36.8 Å². The van der Waals surface area contributed by atoms with Crippen LogP contribution in [0.2, 0.25) is 0 Å². The second-order valence-corrected chi connectivity index (χ2v) is 4.80. The Balaban J connectivity index is 1.87. The van der Waals surface area contributed by atoms with E-state index in [0.717, 1.165) is 13.0 Å². The first kappa shape index (κ1) is 16.0. The highest BCUT2D eigenvalue weighted by Gasteiger charge is 2.12. The van der Waals surface area contributed by atoms with Gasteiger partial charge in [-0.25, -0.2) is 4.79 Å². The number of pyridine rings is 1. The maximum absolute atomic E-state index is 12.0. The summed E-state index contributed by atoms with van der Waals surface area (Å²) >= 11 is 0. The Morgan fingerprint density at radius 2 is 2.14 bits per heavy atom. The summed E-state index contributed by atoms with van der Waals surface area (Å²) in [6, 6.07) is 5.45. The third kappa shape index (κ3) is 4.56. The summed E-state index contributed by atoms with van der Waals surface area (Å²) in [7, 11) is 0. The Labute approximate surface area is 129 Å². The van der Waals surface area contributed by atoms with Gasteiger partial charge in [-0.3, -0.25) is 15.0 Å². The number of likely N-dealkylation sites (N-methyl/N-ethyl adjacent to an activating group) is 1. The van der Waals surface area contributed by atoms with Gasteiger partial charge < -0.3 is 10.0 Å². The van der Waals surface area contributed by atoms with Gasteiger partial charge in [0.2, 0.25) is 0 Å². The second kappa shape index (κ2) is 8.14. The normalized spacial score (nSPS) is 10.5. The molecule has 2 amide bonds. The molecular weight excluding hydrogens is 282 g/mol. The van der Waals surface area contributed by atoms with Gasteiger partial charge in [0.15, 0.2) is 5.82 Å². The van der Waals surface area contributed by atoms with Crippen molar-refractivity contribution in [3.63, 3.8) is 0 Å². The van der Waals surface area contributed by atoms with Gasteiger partial charge in [0.1, 0.15) is 0 Å². The number of carbonyl (C=O) groups is 1. The highest BCUT2D eigenvalue weighted by Crippen LogP contribution is 2.06. The zero-order valence-electron chi connectivity index (χ0n) is 12.6. The first-order valence-electron chi connectivity index (χ1n) is 7.32. The molecule has 0 aliphatic rings. The lowest BCUT2D eigenvalue weighted by Crippen LogP contribution is -2.36. The first-order valence-corrected chi connectivity index (χ1v) is 7.32. The molecule has 0 unspecified atom stereocenters. The van der Waals surface area contributed by atoms with Crippen LogP contribution in [-0.4, -0.2) is 50.5 Å². The molecule has 2 aromatic heterocycles. The van der Waals surface area contributed by atoms with E-state index in [-0.39, 0.29) is 12.6 Å². The average Bonchev–Trinajstić information content (AvgIpc) is 2.99. The predicted octanol–water partition coefficient (Wildman–Crippen LogP) is 1.37. The van der Waals surface area contributed by atoms with Crippen LogP contribution in [0.1, 0.15) is 12.5 Å². The van der Waals surface area contributed by atoms with Crippen molar-refractivity contribution in [2.24, 2.45) is 0 Å². The smallest absolute Gasteiger partial charge is 0.323 e. The summed E-state index contributed by atoms with van der Waals surface area (Å²) in [5, 5.41) is 16.0. The van der Waals surface area contributed by atoms with Crippen LogP contribution in [-0.2, 0) is 13.0 Å². The highest BCUT2D eigenvalue weighted by molar-refractivity contribution is 5.88. The zero-order chi connectivity index (χ0) is 15.8. The first-order chi connectivity index (χ1) is 10.7. The minimum atomic E-state index is -0.254. The summed E-state index contributed by atoms with van der Waals surface area (Å²) in [6.07, 6.45) is 6.22. The summed E-state index contributed by atoms with van der Waals surface area (Å²) in [5.41, 5.74) is 1.19. The Morgan fingerprint density at radius 3 is 2.82 bits per heavy atom. The van der Waals surface area contributed by atoms with Crippen molar-refractivity contribution in [3.05, 3.63) is 42.4 Å². The number of aliphatic hydroxyl groups excluding tert-OH is 1. The average molecular weight is 303 g/mol. The SMILES string of the molecule is CCN(CCO)C(=O)Nc1ccn(CCc2ccncc2)n1. The van der Waals surface area contributed by atoms with Gasteiger partial charge in [0.25, 0.3) is 0 Å². The number of hydrogen-bond acceptors (Lipinski definition) is 4. The molecule has 0 bridgehead atoms. The van der Waals surface area contributed by atoms with Crippen LogP contribution in [0.3, 0.4) is 0 Å². The lowest BCUT2D eigenvalue weighted by molar-refractivity contribution is 0.192. The van der Waals surface area contributed by atoms with E-state index in [1.165, 1.54) is 10.5 Å². The molecule has 2 N–H and O–H groups in total. The highest BCUT2D eigenvalue weighted by atomic mass is 16.3. The zero-order valence-corrected chi connectivity index (χ0v) is 12.6. The molecular formula is C15H21N5O2. The molecule has 2 rings (SSSR count). The van der Waals surface area contributed by atoms with Crippen molar-refractivity contribution in [2.75, 3.05) is 25.0 Å². The number of aryl methyl sites for hydroxylation is 2. The molecule has 2 aromatic rings. The standard InChI is InChI=1S/C15H21N5O2/c1-2-19(11-12-21)15(22)17-14-6-10-20(18-14)9-5-13-3-7-16-8-4-13/h3-4,6-8,10,21H,2,5,9,11-12H2,1H3,(H,17,18,22). The summed E-state index contributed by atoms with van der Waals surface area (Å²) in [6.45, 7) is 3.39. The van der Waals surface area contributed by atoms with Crippen molar-refractivity contribution in [1.82, 2.24) is 19.7 Å². The number of nitrogens with one attached hydrogen (secondary N) is 1. The molecule has 7 nitrogen and oxygen atoms in total. The van der Waals surface area contributed by atoms with E-state index in [9.17, 15) is 4.79 Å². The van der Waals surface area contributed by atoms with Crippen LogP contribution < -0.4 is 5.32 Å². The van der Waals surface area contributed by atoms with E-state index in [2.05, 4.69) is 15.4 Å². The van der Waals surface area contributed by atoms with Crippen LogP contribution in [0, 0.1) is 0 Å². The number of hydrogen-bond donors (Lipinski definition) is 2. The molecule has 0 spiro atoms. The Morgan fingerprint density at radius 1 is 1.36 bits per heavy atom. The van der Waals surface area contributed by atoms with Crippen molar-refractivity contribution in [1.29, 1.82) is 0 Å². The maximum atomic E-state index is 12.0. The third-order valence-corrected chi connectivity index (χ3v) is 3.29. The number of aromatic nitrogens is 3. The Kier molecular flexibility index (Phi) is 5.91. The quantitative estimate of drug-likeness (QED) is 0.809. The molecule has 2 heterocycles. The molecule has 0 aliphatic carbocycles. The van der Waals surface area contributed by atoms with Crippen molar-refractivity contribution < 1.29 is 9.90 Å². The van der Waals surface area contributed by atoms with Gasteiger partial charge >= 0.3 is 6.03 Å². The fourth-order valence-corrected chi connectivity index (χ4v) is 2.06. The maximum Gasteiger partial charge on any atom is 0.323 e. The largest absolute Gasteiger partial charge is 0.395 e. The number of amides is 2. The molecule has 7 heteroatoms. The fourth-order valence-electron chi connectivity index (χ4n) is 2.06. The predicted molar refractivity (Wildman–Crippen MR) is 83.5 cm³/mol. The fraction of sp³-hybridized carbons (Fsp3) is 0.400. The van der Waals surface area contributed by atoms with Gasteiger partial charge in [-0.1, -0.05) is 0 Å². The lowest BCUT2D eigenvalue weighted by atomic mass is 10.2. The lowest BCUT2D eigenvalue weighted by Gasteiger charge is -2.19. The van der Waals surface area contributed by atoms with E-state index < -0.39 is 0 Å².